The Kier molecular flexibility index (Phi) is 4.34. The molecule has 0 fully saturated rings. The average Bonchev–Trinajstić information content (AvgIpc) is 3.21. The molecule has 7 nitrogen and oxygen atoms in total. The number of pyridine rings is 1. The molecule has 3 aromatic rings. The number of carbonyl (C=O) groups is 1. The van der Waals surface area contributed by atoms with Crippen LogP contribution in [0, 0.1) is 0 Å². The molecule has 7 heteroatoms. The zero-order valence-electron chi connectivity index (χ0n) is 13.8. The minimum atomic E-state index is -0.247. The van der Waals surface area contributed by atoms with E-state index in [4.69, 9.17) is 9.47 Å². The molecule has 1 aliphatic rings. The first-order valence-corrected chi connectivity index (χ1v) is 8.11. The molecule has 26 heavy (non-hydrogen) atoms. The van der Waals surface area contributed by atoms with Crippen molar-refractivity contribution in [3.05, 3.63) is 60.7 Å². The number of amides is 1. The SMILES string of the molecule is O=C(C=Cc1cnccc1-c1cn[nH]c1)Nc1ccc2c(c1)OCCO2. The van der Waals surface area contributed by atoms with Crippen LogP contribution in [-0.4, -0.2) is 34.3 Å². The quantitative estimate of drug-likeness (QED) is 0.708. The zero-order valence-corrected chi connectivity index (χ0v) is 13.8. The number of hydrogen-bond acceptors (Lipinski definition) is 5. The summed E-state index contributed by atoms with van der Waals surface area (Å²) in [7, 11) is 0. The van der Waals surface area contributed by atoms with Crippen molar-refractivity contribution in [2.45, 2.75) is 0 Å². The smallest absolute Gasteiger partial charge is 0.248 e. The topological polar surface area (TPSA) is 89.1 Å². The molecule has 0 unspecified atom stereocenters. The van der Waals surface area contributed by atoms with Crippen molar-refractivity contribution >= 4 is 17.7 Å². The van der Waals surface area contributed by atoms with E-state index in [1.165, 1.54) is 6.08 Å². The Bertz CT molecular complexity index is 951. The fourth-order valence-electron chi connectivity index (χ4n) is 2.67. The first-order valence-electron chi connectivity index (χ1n) is 8.11. The lowest BCUT2D eigenvalue weighted by Gasteiger charge is -2.18. The predicted molar refractivity (Wildman–Crippen MR) is 96.9 cm³/mol. The standard InChI is InChI=1S/C19H16N4O3/c24-19(23-15-2-3-17-18(9-15)26-8-7-25-17)4-1-13-10-20-6-5-16(13)14-11-21-22-12-14/h1-6,9-12H,7-8H2,(H,21,22)(H,23,24). The van der Waals surface area contributed by atoms with Gasteiger partial charge >= 0.3 is 0 Å². The van der Waals surface area contributed by atoms with Gasteiger partial charge in [-0.25, -0.2) is 0 Å². The van der Waals surface area contributed by atoms with Crippen LogP contribution in [0.25, 0.3) is 17.2 Å². The molecule has 1 aromatic carbocycles. The lowest BCUT2D eigenvalue weighted by atomic mass is 10.0. The highest BCUT2D eigenvalue weighted by Crippen LogP contribution is 2.32. The van der Waals surface area contributed by atoms with E-state index in [-0.39, 0.29) is 5.91 Å². The van der Waals surface area contributed by atoms with Gasteiger partial charge in [0.25, 0.3) is 0 Å². The molecule has 0 saturated carbocycles. The van der Waals surface area contributed by atoms with Crippen molar-refractivity contribution in [2.75, 3.05) is 18.5 Å². The van der Waals surface area contributed by atoms with Gasteiger partial charge in [-0.2, -0.15) is 5.10 Å². The van der Waals surface area contributed by atoms with Gasteiger partial charge in [0.05, 0.1) is 6.20 Å². The highest BCUT2D eigenvalue weighted by molar-refractivity contribution is 6.02. The second-order valence-electron chi connectivity index (χ2n) is 5.63. The van der Waals surface area contributed by atoms with Crippen LogP contribution in [0.4, 0.5) is 5.69 Å². The van der Waals surface area contributed by atoms with Gasteiger partial charge in [0.1, 0.15) is 13.2 Å². The number of aromatic nitrogens is 3. The number of H-pyrrole nitrogens is 1. The van der Waals surface area contributed by atoms with Crippen molar-refractivity contribution in [2.24, 2.45) is 0 Å². The molecule has 130 valence electrons. The molecule has 0 saturated heterocycles. The molecule has 1 aliphatic heterocycles. The van der Waals surface area contributed by atoms with Crippen LogP contribution in [0.5, 0.6) is 11.5 Å². The maximum atomic E-state index is 12.2. The summed E-state index contributed by atoms with van der Waals surface area (Å²) in [6.45, 7) is 1.04. The first-order chi connectivity index (χ1) is 12.8. The van der Waals surface area contributed by atoms with Gasteiger partial charge in [0.2, 0.25) is 5.91 Å². The average molecular weight is 348 g/mol. The van der Waals surface area contributed by atoms with E-state index in [1.807, 2.05) is 6.07 Å². The molecule has 2 aromatic heterocycles. The van der Waals surface area contributed by atoms with Gasteiger partial charge in [0.15, 0.2) is 11.5 Å². The molecule has 0 bridgehead atoms. The third kappa shape index (κ3) is 3.41. The number of benzene rings is 1. The first kappa shape index (κ1) is 15.9. The van der Waals surface area contributed by atoms with Crippen LogP contribution in [-0.2, 0) is 4.79 Å². The zero-order chi connectivity index (χ0) is 17.8. The van der Waals surface area contributed by atoms with Crippen LogP contribution >= 0.6 is 0 Å². The molecule has 1 amide bonds. The number of rotatable bonds is 4. The van der Waals surface area contributed by atoms with E-state index in [1.54, 1.807) is 49.1 Å². The van der Waals surface area contributed by atoms with E-state index in [9.17, 15) is 4.79 Å². The van der Waals surface area contributed by atoms with Gasteiger partial charge in [-0.15, -0.1) is 0 Å². The second-order valence-corrected chi connectivity index (χ2v) is 5.63. The Hall–Kier alpha value is -3.61. The van der Waals surface area contributed by atoms with Crippen molar-refractivity contribution in [1.29, 1.82) is 0 Å². The van der Waals surface area contributed by atoms with Crippen LogP contribution < -0.4 is 14.8 Å². The summed E-state index contributed by atoms with van der Waals surface area (Å²) in [6, 6.07) is 7.19. The lowest BCUT2D eigenvalue weighted by molar-refractivity contribution is -0.111. The molecular weight excluding hydrogens is 332 g/mol. The van der Waals surface area contributed by atoms with Crippen molar-refractivity contribution in [1.82, 2.24) is 15.2 Å². The summed E-state index contributed by atoms with van der Waals surface area (Å²) >= 11 is 0. The monoisotopic (exact) mass is 348 g/mol. The number of aromatic amines is 1. The Morgan fingerprint density at radius 3 is 2.88 bits per heavy atom. The fourth-order valence-corrected chi connectivity index (χ4v) is 2.67. The minimum Gasteiger partial charge on any atom is -0.486 e. The third-order valence-electron chi connectivity index (χ3n) is 3.89. The third-order valence-corrected chi connectivity index (χ3v) is 3.89. The Morgan fingerprint density at radius 2 is 2.04 bits per heavy atom. The Labute approximate surface area is 149 Å². The molecule has 0 atom stereocenters. The summed E-state index contributed by atoms with van der Waals surface area (Å²) in [4.78, 5) is 16.4. The van der Waals surface area contributed by atoms with Crippen LogP contribution in [0.15, 0.2) is 55.1 Å². The van der Waals surface area contributed by atoms with E-state index in [0.29, 0.717) is 30.4 Å². The Balaban J connectivity index is 1.49. The minimum absolute atomic E-state index is 0.247. The summed E-state index contributed by atoms with van der Waals surface area (Å²) in [6.07, 6.45) is 10.1. The summed E-state index contributed by atoms with van der Waals surface area (Å²) in [5, 5.41) is 9.55. The van der Waals surface area contributed by atoms with Gasteiger partial charge in [0, 0.05) is 47.5 Å². The normalized spacial score (nSPS) is 12.9. The number of fused-ring (bicyclic) bond motifs is 1. The highest BCUT2D eigenvalue weighted by Gasteiger charge is 2.12. The van der Waals surface area contributed by atoms with Crippen molar-refractivity contribution in [3.8, 4) is 22.6 Å². The van der Waals surface area contributed by atoms with Crippen LogP contribution in [0.1, 0.15) is 5.56 Å². The number of hydrogen-bond donors (Lipinski definition) is 2. The van der Waals surface area contributed by atoms with E-state index < -0.39 is 0 Å². The number of ether oxygens (including phenoxy) is 2. The summed E-state index contributed by atoms with van der Waals surface area (Å²) < 4.78 is 11.0. The summed E-state index contributed by atoms with van der Waals surface area (Å²) in [5.41, 5.74) is 3.34. The number of anilines is 1. The number of carbonyl (C=O) groups excluding carboxylic acids is 1. The molecular formula is C19H16N4O3. The summed E-state index contributed by atoms with van der Waals surface area (Å²) in [5.74, 6) is 1.07. The van der Waals surface area contributed by atoms with Gasteiger partial charge in [-0.05, 0) is 29.8 Å². The molecule has 3 heterocycles. The van der Waals surface area contributed by atoms with Gasteiger partial charge in [-0.1, -0.05) is 0 Å². The second kappa shape index (κ2) is 7.10. The van der Waals surface area contributed by atoms with Crippen LogP contribution in [0.2, 0.25) is 0 Å². The molecule has 2 N–H and O–H groups in total. The van der Waals surface area contributed by atoms with E-state index >= 15 is 0 Å². The lowest BCUT2D eigenvalue weighted by Crippen LogP contribution is -2.16. The van der Waals surface area contributed by atoms with Gasteiger partial charge < -0.3 is 14.8 Å². The predicted octanol–water partition coefficient (Wildman–Crippen LogP) is 2.89. The maximum Gasteiger partial charge on any atom is 0.248 e. The Morgan fingerprint density at radius 1 is 1.15 bits per heavy atom. The van der Waals surface area contributed by atoms with E-state index in [2.05, 4.69) is 20.5 Å². The highest BCUT2D eigenvalue weighted by atomic mass is 16.6. The van der Waals surface area contributed by atoms with Crippen molar-refractivity contribution in [3.63, 3.8) is 0 Å². The van der Waals surface area contributed by atoms with E-state index in [0.717, 1.165) is 16.7 Å². The number of nitrogens with one attached hydrogen (secondary N) is 2. The molecule has 4 rings (SSSR count). The van der Waals surface area contributed by atoms with Crippen LogP contribution in [0.3, 0.4) is 0 Å². The molecule has 0 aliphatic carbocycles. The maximum absolute atomic E-state index is 12.2. The molecule has 0 spiro atoms. The number of nitrogens with zero attached hydrogens (tertiary/aromatic N) is 2. The molecule has 0 radical (unpaired) electrons. The van der Waals surface area contributed by atoms with Gasteiger partial charge in [-0.3, -0.25) is 14.9 Å². The largest absolute Gasteiger partial charge is 0.486 e. The van der Waals surface area contributed by atoms with Crippen molar-refractivity contribution < 1.29 is 14.3 Å². The fraction of sp³-hybridized carbons (Fsp3) is 0.105.